The lowest BCUT2D eigenvalue weighted by Gasteiger charge is -2.13. The maximum absolute atomic E-state index is 13.2. The van der Waals surface area contributed by atoms with Gasteiger partial charge in [-0.2, -0.15) is 8.42 Å². The monoisotopic (exact) mass is 588 g/mol. The van der Waals surface area contributed by atoms with E-state index in [0.29, 0.717) is 32.0 Å². The lowest BCUT2D eigenvalue weighted by atomic mass is 10.1. The van der Waals surface area contributed by atoms with Crippen molar-refractivity contribution in [3.05, 3.63) is 105 Å². The zero-order valence-electron chi connectivity index (χ0n) is 20.1. The summed E-state index contributed by atoms with van der Waals surface area (Å²) in [4.78, 5) is 14.7. The number of benzene rings is 3. The quantitative estimate of drug-likeness (QED) is 0.211. The summed E-state index contributed by atoms with van der Waals surface area (Å²) in [6.07, 6.45) is 3.14. The van der Waals surface area contributed by atoms with Crippen LogP contribution >= 0.6 is 35.0 Å². The lowest BCUT2D eigenvalue weighted by molar-refractivity contribution is -0.121. The van der Waals surface area contributed by atoms with Crippen LogP contribution in [-0.2, 0) is 21.4 Å². The van der Waals surface area contributed by atoms with Gasteiger partial charge in [-0.05, 0) is 65.9 Å². The molecule has 1 amide bonds. The Morgan fingerprint density at radius 2 is 1.79 bits per heavy atom. The third-order valence-corrected chi connectivity index (χ3v) is 8.36. The molecule has 0 bridgehead atoms. The third-order valence-electron chi connectivity index (χ3n) is 5.34. The first-order valence-electron chi connectivity index (χ1n) is 11.2. The van der Waals surface area contributed by atoms with E-state index in [4.69, 9.17) is 32.7 Å². The fourth-order valence-corrected chi connectivity index (χ4v) is 5.95. The molecule has 11 heteroatoms. The van der Waals surface area contributed by atoms with E-state index in [1.165, 1.54) is 42.4 Å². The molecule has 0 saturated carbocycles. The van der Waals surface area contributed by atoms with E-state index in [1.54, 1.807) is 30.3 Å². The van der Waals surface area contributed by atoms with E-state index in [0.717, 1.165) is 17.3 Å². The number of carbonyl (C=O) groups is 1. The summed E-state index contributed by atoms with van der Waals surface area (Å²) < 4.78 is 41.1. The molecular weight excluding hydrogens is 567 g/mol. The largest absolute Gasteiger partial charge is 0.493 e. The van der Waals surface area contributed by atoms with Crippen molar-refractivity contribution in [3.8, 4) is 11.5 Å². The smallest absolute Gasteiger partial charge is 0.284 e. The fourth-order valence-electron chi connectivity index (χ4n) is 3.45. The van der Waals surface area contributed by atoms with E-state index < -0.39 is 15.9 Å². The predicted octanol–water partition coefficient (Wildman–Crippen LogP) is 6.43. The maximum atomic E-state index is 13.2. The molecule has 0 atom stereocenters. The molecule has 1 saturated heterocycles. The maximum Gasteiger partial charge on any atom is 0.284 e. The number of ether oxygens (including phenoxy) is 2. The topological polar surface area (TPSA) is 85.3 Å². The van der Waals surface area contributed by atoms with E-state index in [1.807, 2.05) is 18.2 Å². The number of nitrogens with zero attached hydrogens (tertiary/aromatic N) is 2. The van der Waals surface area contributed by atoms with Gasteiger partial charge in [0.25, 0.3) is 15.9 Å². The van der Waals surface area contributed by atoms with Crippen LogP contribution in [0.15, 0.2) is 93.6 Å². The summed E-state index contributed by atoms with van der Waals surface area (Å²) in [5.74, 6) is 0.572. The van der Waals surface area contributed by atoms with Crippen molar-refractivity contribution < 1.29 is 22.7 Å². The molecule has 38 heavy (non-hydrogen) atoms. The number of sulfonamides is 1. The summed E-state index contributed by atoms with van der Waals surface area (Å²) in [5, 5.41) is 1.01. The van der Waals surface area contributed by atoms with Crippen LogP contribution in [0.25, 0.3) is 6.08 Å². The highest BCUT2D eigenvalue weighted by molar-refractivity contribution is 8.19. The Morgan fingerprint density at radius 1 is 1.05 bits per heavy atom. The van der Waals surface area contributed by atoms with Crippen molar-refractivity contribution in [2.45, 2.75) is 11.5 Å². The van der Waals surface area contributed by atoms with Gasteiger partial charge in [-0.3, -0.25) is 9.69 Å². The van der Waals surface area contributed by atoms with Crippen molar-refractivity contribution in [2.75, 3.05) is 13.7 Å². The average molecular weight is 590 g/mol. The van der Waals surface area contributed by atoms with Crippen LogP contribution < -0.4 is 9.47 Å². The molecule has 0 aromatic heterocycles. The third kappa shape index (κ3) is 6.42. The van der Waals surface area contributed by atoms with Crippen molar-refractivity contribution in [1.29, 1.82) is 0 Å². The summed E-state index contributed by atoms with van der Waals surface area (Å²) in [7, 11) is -2.55. The molecule has 0 unspecified atom stereocenters. The van der Waals surface area contributed by atoms with Crippen LogP contribution in [0.1, 0.15) is 11.1 Å². The number of methoxy groups -OCH3 is 1. The fraction of sp³-hybridized carbons (Fsp3) is 0.111. The Balaban J connectivity index is 1.63. The molecule has 0 N–H and O–H groups in total. The zero-order chi connectivity index (χ0) is 27.3. The second-order valence-corrected chi connectivity index (χ2v) is 11.4. The highest BCUT2D eigenvalue weighted by Gasteiger charge is 2.34. The Hall–Kier alpha value is -3.24. The van der Waals surface area contributed by atoms with E-state index in [9.17, 15) is 13.2 Å². The Kier molecular flexibility index (Phi) is 8.83. The molecule has 4 rings (SSSR count). The van der Waals surface area contributed by atoms with Gasteiger partial charge >= 0.3 is 0 Å². The standard InChI is InChI=1S/C27H22Cl2N2O5S2/c1-3-14-31-26(32)25(37-27(31)30-38(33,34)21-11-9-20(28)10-12-21)16-18-8-13-23(35-2)24(15-18)36-17-19-6-4-5-7-22(19)29/h3-13,15-16H,1,14,17H2,2H3/b25-16-,30-27?. The van der Waals surface area contributed by atoms with E-state index in [2.05, 4.69) is 11.0 Å². The van der Waals surface area contributed by atoms with Crippen LogP contribution in [0.2, 0.25) is 10.0 Å². The highest BCUT2D eigenvalue weighted by Crippen LogP contribution is 2.36. The molecule has 0 aliphatic carbocycles. The molecule has 1 heterocycles. The van der Waals surface area contributed by atoms with Crippen molar-refractivity contribution in [1.82, 2.24) is 4.90 Å². The summed E-state index contributed by atoms with van der Waals surface area (Å²) >= 11 is 13.1. The summed E-state index contributed by atoms with van der Waals surface area (Å²) in [6.45, 7) is 3.98. The van der Waals surface area contributed by atoms with E-state index in [-0.39, 0.29) is 23.2 Å². The minimum absolute atomic E-state index is 0.0276. The minimum Gasteiger partial charge on any atom is -0.493 e. The van der Waals surface area contributed by atoms with Crippen molar-refractivity contribution >= 4 is 62.1 Å². The molecule has 0 spiro atoms. The van der Waals surface area contributed by atoms with Gasteiger partial charge in [0.05, 0.1) is 16.9 Å². The number of hydrogen-bond acceptors (Lipinski definition) is 6. The van der Waals surface area contributed by atoms with Crippen LogP contribution in [0.3, 0.4) is 0 Å². The minimum atomic E-state index is -4.08. The molecule has 1 fully saturated rings. The molecule has 0 radical (unpaired) electrons. The molecule has 7 nitrogen and oxygen atoms in total. The number of carbonyl (C=O) groups excluding carboxylic acids is 1. The highest BCUT2D eigenvalue weighted by atomic mass is 35.5. The number of hydrogen-bond donors (Lipinski definition) is 0. The second kappa shape index (κ2) is 12.1. The number of amidine groups is 1. The second-order valence-electron chi connectivity index (χ2n) is 7.91. The Labute approximate surface area is 235 Å². The van der Waals surface area contributed by atoms with Crippen LogP contribution in [-0.4, -0.2) is 38.0 Å². The van der Waals surface area contributed by atoms with Crippen LogP contribution in [0, 0.1) is 0 Å². The van der Waals surface area contributed by atoms with Crippen molar-refractivity contribution in [2.24, 2.45) is 4.40 Å². The first-order valence-corrected chi connectivity index (χ1v) is 14.2. The lowest BCUT2D eigenvalue weighted by Crippen LogP contribution is -2.29. The normalized spacial score (nSPS) is 15.8. The molecule has 3 aromatic carbocycles. The number of thioether (sulfide) groups is 1. The molecule has 1 aliphatic rings. The van der Waals surface area contributed by atoms with Gasteiger partial charge in [0.1, 0.15) is 6.61 Å². The van der Waals surface area contributed by atoms with Gasteiger partial charge < -0.3 is 9.47 Å². The first kappa shape index (κ1) is 27.8. The zero-order valence-corrected chi connectivity index (χ0v) is 23.3. The molecule has 3 aromatic rings. The first-order chi connectivity index (χ1) is 18.2. The molecular formula is C27H22Cl2N2O5S2. The average Bonchev–Trinajstić information content (AvgIpc) is 3.17. The van der Waals surface area contributed by atoms with Crippen LogP contribution in [0.5, 0.6) is 11.5 Å². The predicted molar refractivity (Wildman–Crippen MR) is 152 cm³/mol. The summed E-state index contributed by atoms with van der Waals surface area (Å²) in [6, 6.07) is 18.2. The number of rotatable bonds is 9. The Morgan fingerprint density at radius 3 is 2.47 bits per heavy atom. The van der Waals surface area contributed by atoms with E-state index >= 15 is 0 Å². The van der Waals surface area contributed by atoms with Gasteiger partial charge in [-0.25, -0.2) is 0 Å². The SMILES string of the molecule is C=CCN1C(=O)/C(=C/c2ccc(OC)c(OCc3ccccc3Cl)c2)SC1=NS(=O)(=O)c1ccc(Cl)cc1. The van der Waals surface area contributed by atoms with Gasteiger partial charge in [-0.1, -0.05) is 53.5 Å². The van der Waals surface area contributed by atoms with Crippen molar-refractivity contribution in [3.63, 3.8) is 0 Å². The number of amides is 1. The Bertz CT molecular complexity index is 1540. The van der Waals surface area contributed by atoms with Gasteiger partial charge in [-0.15, -0.1) is 11.0 Å². The van der Waals surface area contributed by atoms with Gasteiger partial charge in [0.2, 0.25) is 0 Å². The van der Waals surface area contributed by atoms with Gasteiger partial charge in [0, 0.05) is 22.2 Å². The van der Waals surface area contributed by atoms with Crippen LogP contribution in [0.4, 0.5) is 0 Å². The molecule has 196 valence electrons. The molecule has 1 aliphatic heterocycles. The summed E-state index contributed by atoms with van der Waals surface area (Å²) in [5.41, 5.74) is 1.46. The van der Waals surface area contributed by atoms with Gasteiger partial charge in [0.15, 0.2) is 16.7 Å². The number of halogens is 2.